The van der Waals surface area contributed by atoms with Crippen LogP contribution in [0.3, 0.4) is 0 Å². The second-order valence-corrected chi connectivity index (χ2v) is 7.17. The molecule has 1 N–H and O–H groups in total. The molecule has 1 aliphatic carbocycles. The normalized spacial score (nSPS) is 20.4. The third-order valence-electron chi connectivity index (χ3n) is 5.27. The maximum absolute atomic E-state index is 6.32. The van der Waals surface area contributed by atoms with Gasteiger partial charge in [0.1, 0.15) is 11.4 Å². The predicted octanol–water partition coefficient (Wildman–Crippen LogP) is 4.41. The van der Waals surface area contributed by atoms with Crippen molar-refractivity contribution >= 4 is 0 Å². The fourth-order valence-electron chi connectivity index (χ4n) is 3.73. The van der Waals surface area contributed by atoms with E-state index in [2.05, 4.69) is 47.6 Å². The van der Waals surface area contributed by atoms with Crippen LogP contribution >= 0.6 is 0 Å². The molecule has 2 aliphatic rings. The van der Waals surface area contributed by atoms with E-state index < -0.39 is 0 Å². The highest BCUT2D eigenvalue weighted by molar-refractivity contribution is 5.39. The third-order valence-corrected chi connectivity index (χ3v) is 5.27. The van der Waals surface area contributed by atoms with Crippen LogP contribution in [-0.4, -0.2) is 17.2 Å². The number of para-hydroxylation sites is 1. The first-order chi connectivity index (χ1) is 12.3. The van der Waals surface area contributed by atoms with Crippen LogP contribution in [0.2, 0.25) is 0 Å². The fraction of sp³-hybridized carbons (Fsp3) is 0.476. The van der Waals surface area contributed by atoms with Gasteiger partial charge in [-0.3, -0.25) is 0 Å². The van der Waals surface area contributed by atoms with Gasteiger partial charge in [0.2, 0.25) is 5.88 Å². The van der Waals surface area contributed by atoms with E-state index in [0.29, 0.717) is 18.5 Å². The van der Waals surface area contributed by atoms with Crippen molar-refractivity contribution in [2.24, 2.45) is 0 Å². The molecule has 25 heavy (non-hydrogen) atoms. The second-order valence-electron chi connectivity index (χ2n) is 7.17. The lowest BCUT2D eigenvalue weighted by atomic mass is 9.73. The van der Waals surface area contributed by atoms with Gasteiger partial charge in [-0.2, -0.15) is 0 Å². The summed E-state index contributed by atoms with van der Waals surface area (Å²) in [5.74, 6) is 1.75. The molecule has 4 rings (SSSR count). The molecular weight excluding hydrogens is 312 g/mol. The van der Waals surface area contributed by atoms with Crippen molar-refractivity contribution in [3.05, 3.63) is 53.7 Å². The summed E-state index contributed by atoms with van der Waals surface area (Å²) in [6, 6.07) is 12.8. The average molecular weight is 338 g/mol. The first kappa shape index (κ1) is 16.4. The predicted molar refractivity (Wildman–Crippen MR) is 97.9 cm³/mol. The summed E-state index contributed by atoms with van der Waals surface area (Å²) in [6.45, 7) is 3.61. The molecule has 0 radical (unpaired) electrons. The van der Waals surface area contributed by atoms with E-state index in [1.807, 2.05) is 12.3 Å². The molecule has 1 fully saturated rings. The fourth-order valence-corrected chi connectivity index (χ4v) is 3.73. The van der Waals surface area contributed by atoms with Crippen molar-refractivity contribution in [2.75, 3.05) is 6.61 Å². The third kappa shape index (κ3) is 3.49. The molecule has 1 saturated carbocycles. The molecule has 0 bridgehead atoms. The molecule has 2 heterocycles. The van der Waals surface area contributed by atoms with Gasteiger partial charge in [-0.25, -0.2) is 4.98 Å². The molecule has 1 aromatic heterocycles. The maximum atomic E-state index is 6.32. The van der Waals surface area contributed by atoms with Crippen LogP contribution in [-0.2, 0) is 6.54 Å². The molecule has 1 spiro atoms. The summed E-state index contributed by atoms with van der Waals surface area (Å²) < 4.78 is 11.9. The molecule has 132 valence electrons. The van der Waals surface area contributed by atoms with Gasteiger partial charge in [0, 0.05) is 36.8 Å². The van der Waals surface area contributed by atoms with Gasteiger partial charge in [0.25, 0.3) is 0 Å². The Morgan fingerprint density at radius 1 is 1.24 bits per heavy atom. The molecule has 1 aliphatic heterocycles. The molecule has 1 unspecified atom stereocenters. The van der Waals surface area contributed by atoms with Crippen molar-refractivity contribution in [1.29, 1.82) is 0 Å². The van der Waals surface area contributed by atoms with E-state index in [1.165, 1.54) is 30.4 Å². The number of rotatable bonds is 6. The minimum atomic E-state index is 0.0577. The van der Waals surface area contributed by atoms with Crippen LogP contribution in [0.1, 0.15) is 56.2 Å². The number of hydrogen-bond acceptors (Lipinski definition) is 4. The van der Waals surface area contributed by atoms with E-state index in [9.17, 15) is 0 Å². The Hall–Kier alpha value is -2.07. The number of pyridine rings is 1. The van der Waals surface area contributed by atoms with Crippen molar-refractivity contribution in [3.8, 4) is 11.6 Å². The molecular formula is C21H26N2O2. The van der Waals surface area contributed by atoms with E-state index in [0.717, 1.165) is 25.1 Å². The van der Waals surface area contributed by atoms with Gasteiger partial charge in [-0.1, -0.05) is 31.2 Å². The minimum absolute atomic E-state index is 0.0577. The Labute approximate surface area is 149 Å². The van der Waals surface area contributed by atoms with Gasteiger partial charge in [0.15, 0.2) is 0 Å². The Bertz CT molecular complexity index is 710. The summed E-state index contributed by atoms with van der Waals surface area (Å²) in [5.41, 5.74) is 2.51. The molecule has 1 aromatic carbocycles. The van der Waals surface area contributed by atoms with E-state index in [1.54, 1.807) is 0 Å². The lowest BCUT2D eigenvalue weighted by Gasteiger charge is -2.48. The van der Waals surface area contributed by atoms with Crippen LogP contribution in [0.4, 0.5) is 0 Å². The summed E-state index contributed by atoms with van der Waals surface area (Å²) in [7, 11) is 0. The monoisotopic (exact) mass is 338 g/mol. The quantitative estimate of drug-likeness (QED) is 0.847. The Kier molecular flexibility index (Phi) is 4.62. The standard InChI is InChI=1S/C21H26N2O2/c1-2-12-24-20-9-8-16(15-23-20)14-22-18-13-21(10-5-11-21)25-19-7-4-3-6-17(18)19/h3-4,6-9,15,18,22H,2,5,10-14H2,1H3. The number of aromatic nitrogens is 1. The molecule has 0 saturated heterocycles. The minimum Gasteiger partial charge on any atom is -0.487 e. The highest BCUT2D eigenvalue weighted by Crippen LogP contribution is 2.48. The topological polar surface area (TPSA) is 43.4 Å². The lowest BCUT2D eigenvalue weighted by Crippen LogP contribution is -2.49. The highest BCUT2D eigenvalue weighted by atomic mass is 16.5. The summed E-state index contributed by atoms with van der Waals surface area (Å²) in [6.07, 6.45) is 7.57. The molecule has 1 atom stereocenters. The zero-order chi connectivity index (χ0) is 17.1. The number of benzene rings is 1. The average Bonchev–Trinajstić information content (AvgIpc) is 2.63. The first-order valence-electron chi connectivity index (χ1n) is 9.37. The summed E-state index contributed by atoms with van der Waals surface area (Å²) in [5, 5.41) is 3.72. The van der Waals surface area contributed by atoms with E-state index in [-0.39, 0.29) is 5.60 Å². The van der Waals surface area contributed by atoms with Crippen LogP contribution in [0.25, 0.3) is 0 Å². The number of ether oxygens (including phenoxy) is 2. The van der Waals surface area contributed by atoms with E-state index >= 15 is 0 Å². The highest BCUT2D eigenvalue weighted by Gasteiger charge is 2.45. The van der Waals surface area contributed by atoms with Gasteiger partial charge >= 0.3 is 0 Å². The SMILES string of the molecule is CCCOc1ccc(CNC2CC3(CCC3)Oc3ccccc32)cn1. The number of nitrogens with one attached hydrogen (secondary N) is 1. The summed E-state index contributed by atoms with van der Waals surface area (Å²) in [4.78, 5) is 4.39. The van der Waals surface area contributed by atoms with Crippen LogP contribution in [0.5, 0.6) is 11.6 Å². The number of nitrogens with zero attached hydrogens (tertiary/aromatic N) is 1. The largest absolute Gasteiger partial charge is 0.487 e. The number of hydrogen-bond donors (Lipinski definition) is 1. The van der Waals surface area contributed by atoms with Gasteiger partial charge in [0.05, 0.1) is 6.61 Å². The van der Waals surface area contributed by atoms with Crippen molar-refractivity contribution in [1.82, 2.24) is 10.3 Å². The van der Waals surface area contributed by atoms with E-state index in [4.69, 9.17) is 9.47 Å². The molecule has 4 heteroatoms. The van der Waals surface area contributed by atoms with Crippen molar-refractivity contribution in [2.45, 2.75) is 57.2 Å². The molecule has 2 aromatic rings. The van der Waals surface area contributed by atoms with Crippen molar-refractivity contribution < 1.29 is 9.47 Å². The van der Waals surface area contributed by atoms with Gasteiger partial charge < -0.3 is 14.8 Å². The molecule has 4 nitrogen and oxygen atoms in total. The van der Waals surface area contributed by atoms with Crippen molar-refractivity contribution in [3.63, 3.8) is 0 Å². The smallest absolute Gasteiger partial charge is 0.213 e. The Balaban J connectivity index is 1.43. The van der Waals surface area contributed by atoms with Gasteiger partial charge in [-0.15, -0.1) is 0 Å². The second kappa shape index (κ2) is 7.04. The van der Waals surface area contributed by atoms with Crippen LogP contribution in [0.15, 0.2) is 42.6 Å². The zero-order valence-corrected chi connectivity index (χ0v) is 14.8. The first-order valence-corrected chi connectivity index (χ1v) is 9.37. The molecule has 0 amide bonds. The zero-order valence-electron chi connectivity index (χ0n) is 14.8. The lowest BCUT2D eigenvalue weighted by molar-refractivity contribution is -0.0371. The Morgan fingerprint density at radius 2 is 2.12 bits per heavy atom. The Morgan fingerprint density at radius 3 is 2.84 bits per heavy atom. The summed E-state index contributed by atoms with van der Waals surface area (Å²) >= 11 is 0. The van der Waals surface area contributed by atoms with Gasteiger partial charge in [-0.05, 0) is 37.3 Å². The number of fused-ring (bicyclic) bond motifs is 1. The maximum Gasteiger partial charge on any atom is 0.213 e. The van der Waals surface area contributed by atoms with Crippen LogP contribution < -0.4 is 14.8 Å². The van der Waals surface area contributed by atoms with Crippen LogP contribution in [0, 0.1) is 0 Å².